The summed E-state index contributed by atoms with van der Waals surface area (Å²) in [6, 6.07) is 2.22. The SMILES string of the molecule is FC(F)Cn1ncc2ncc(N3CCC4(CC3)CC(COc3ncccc3C(F)(F)F)C4)nc21. The Bertz CT molecular complexity index is 1150. The predicted molar refractivity (Wildman–Crippen MR) is 113 cm³/mol. The lowest BCUT2D eigenvalue weighted by Crippen LogP contribution is -2.48. The van der Waals surface area contributed by atoms with E-state index in [0.29, 0.717) is 17.0 Å². The second-order valence-corrected chi connectivity index (χ2v) is 9.08. The molecular weight excluding hydrogens is 459 g/mol. The second kappa shape index (κ2) is 8.62. The number of pyridine rings is 1. The van der Waals surface area contributed by atoms with Crippen molar-refractivity contribution in [3.8, 4) is 5.88 Å². The third-order valence-electron chi connectivity index (χ3n) is 6.77. The molecule has 34 heavy (non-hydrogen) atoms. The van der Waals surface area contributed by atoms with Crippen LogP contribution < -0.4 is 9.64 Å². The van der Waals surface area contributed by atoms with Gasteiger partial charge in [-0.1, -0.05) is 0 Å². The normalized spacial score (nSPS) is 18.6. The zero-order valence-electron chi connectivity index (χ0n) is 18.2. The van der Waals surface area contributed by atoms with Gasteiger partial charge in [0.25, 0.3) is 6.43 Å². The van der Waals surface area contributed by atoms with E-state index in [2.05, 4.69) is 25.0 Å². The van der Waals surface area contributed by atoms with Gasteiger partial charge in [-0.2, -0.15) is 18.3 Å². The van der Waals surface area contributed by atoms with Crippen LogP contribution in [0.1, 0.15) is 31.2 Å². The number of alkyl halides is 5. The molecule has 3 aromatic heterocycles. The van der Waals surface area contributed by atoms with Gasteiger partial charge >= 0.3 is 6.18 Å². The van der Waals surface area contributed by atoms with Gasteiger partial charge in [-0.05, 0) is 49.1 Å². The molecule has 5 rings (SSSR count). The first-order valence-electron chi connectivity index (χ1n) is 11.1. The first-order chi connectivity index (χ1) is 16.2. The summed E-state index contributed by atoms with van der Waals surface area (Å²) in [5.74, 6) is 0.452. The molecule has 1 saturated carbocycles. The molecule has 2 fully saturated rings. The fourth-order valence-electron chi connectivity index (χ4n) is 5.08. The number of hydrogen-bond acceptors (Lipinski definition) is 6. The van der Waals surface area contributed by atoms with Crippen molar-refractivity contribution in [1.82, 2.24) is 24.7 Å². The van der Waals surface area contributed by atoms with Gasteiger partial charge in [-0.25, -0.2) is 28.4 Å². The molecule has 0 bridgehead atoms. The molecule has 1 aliphatic carbocycles. The second-order valence-electron chi connectivity index (χ2n) is 9.08. The van der Waals surface area contributed by atoms with Crippen molar-refractivity contribution in [1.29, 1.82) is 0 Å². The Labute approximate surface area is 192 Å². The lowest BCUT2D eigenvalue weighted by Gasteiger charge is -2.52. The van der Waals surface area contributed by atoms with Crippen LogP contribution in [0.25, 0.3) is 11.2 Å². The average Bonchev–Trinajstić information content (AvgIpc) is 3.17. The van der Waals surface area contributed by atoms with Crippen LogP contribution in [0.4, 0.5) is 27.8 Å². The van der Waals surface area contributed by atoms with Gasteiger partial charge in [0, 0.05) is 19.3 Å². The molecule has 0 radical (unpaired) electrons. The van der Waals surface area contributed by atoms with Crippen LogP contribution in [0, 0.1) is 11.3 Å². The molecule has 0 amide bonds. The zero-order chi connectivity index (χ0) is 23.9. The Kier molecular flexibility index (Phi) is 5.76. The summed E-state index contributed by atoms with van der Waals surface area (Å²) in [5.41, 5.74) is 0.106. The van der Waals surface area contributed by atoms with E-state index in [1.54, 1.807) is 6.20 Å². The number of nitrogens with zero attached hydrogens (tertiary/aromatic N) is 6. The summed E-state index contributed by atoms with van der Waals surface area (Å²) in [7, 11) is 0. The van der Waals surface area contributed by atoms with Crippen molar-refractivity contribution in [2.24, 2.45) is 11.3 Å². The Balaban J connectivity index is 1.16. The Hall–Kier alpha value is -3.05. The minimum Gasteiger partial charge on any atom is -0.477 e. The van der Waals surface area contributed by atoms with Crippen molar-refractivity contribution >= 4 is 17.0 Å². The summed E-state index contributed by atoms with van der Waals surface area (Å²) in [5, 5.41) is 3.95. The number of hydrogen-bond donors (Lipinski definition) is 0. The van der Waals surface area contributed by atoms with E-state index in [9.17, 15) is 22.0 Å². The van der Waals surface area contributed by atoms with Gasteiger partial charge in [-0.3, -0.25) is 0 Å². The van der Waals surface area contributed by atoms with Crippen LogP contribution in [0.5, 0.6) is 5.88 Å². The fraction of sp³-hybridized carbons (Fsp3) is 0.545. The van der Waals surface area contributed by atoms with E-state index in [-0.39, 0.29) is 23.8 Å². The van der Waals surface area contributed by atoms with Crippen LogP contribution in [0.15, 0.2) is 30.7 Å². The molecule has 0 aromatic carbocycles. The van der Waals surface area contributed by atoms with Crippen LogP contribution in [0.3, 0.4) is 0 Å². The Morgan fingerprint density at radius 1 is 1.12 bits per heavy atom. The van der Waals surface area contributed by atoms with E-state index in [0.717, 1.165) is 44.8 Å². The van der Waals surface area contributed by atoms with Gasteiger partial charge in [0.15, 0.2) is 5.65 Å². The molecule has 1 saturated heterocycles. The first-order valence-corrected chi connectivity index (χ1v) is 11.1. The molecular formula is C22H23F5N6O. The van der Waals surface area contributed by atoms with Crippen LogP contribution in [0.2, 0.25) is 0 Å². The molecule has 1 spiro atoms. The number of rotatable bonds is 6. The maximum Gasteiger partial charge on any atom is 0.421 e. The average molecular weight is 482 g/mol. The molecule has 7 nitrogen and oxygen atoms in total. The number of fused-ring (bicyclic) bond motifs is 1. The minimum absolute atomic E-state index is 0.149. The standard InChI is InChI=1S/C22H23F5N6O/c23-17(24)12-33-19-16(10-30-33)29-11-18(31-19)32-6-3-21(4-7-32)8-14(9-21)13-34-20-15(22(25,26)27)2-1-5-28-20/h1-2,5,10-11,14,17H,3-4,6-9,12-13H2. The van der Waals surface area contributed by atoms with E-state index < -0.39 is 24.7 Å². The summed E-state index contributed by atoms with van der Waals surface area (Å²) < 4.78 is 71.5. The minimum atomic E-state index is -4.50. The lowest BCUT2D eigenvalue weighted by molar-refractivity contribution is -0.139. The Morgan fingerprint density at radius 3 is 2.59 bits per heavy atom. The maximum absolute atomic E-state index is 13.1. The largest absolute Gasteiger partial charge is 0.477 e. The number of ether oxygens (including phenoxy) is 1. The highest BCUT2D eigenvalue weighted by Crippen LogP contribution is 2.53. The van der Waals surface area contributed by atoms with Gasteiger partial charge in [0.2, 0.25) is 5.88 Å². The predicted octanol–water partition coefficient (Wildman–Crippen LogP) is 4.58. The number of halogens is 5. The molecule has 12 heteroatoms. The lowest BCUT2D eigenvalue weighted by atomic mass is 9.58. The van der Waals surface area contributed by atoms with E-state index in [1.807, 2.05) is 0 Å². The topological polar surface area (TPSA) is 69.0 Å². The van der Waals surface area contributed by atoms with E-state index >= 15 is 0 Å². The molecule has 0 unspecified atom stereocenters. The maximum atomic E-state index is 13.1. The fourth-order valence-corrected chi connectivity index (χ4v) is 5.08. The Morgan fingerprint density at radius 2 is 1.88 bits per heavy atom. The van der Waals surface area contributed by atoms with E-state index in [4.69, 9.17) is 4.74 Å². The highest BCUT2D eigenvalue weighted by atomic mass is 19.4. The molecule has 1 aliphatic heterocycles. The number of aromatic nitrogens is 5. The van der Waals surface area contributed by atoms with Gasteiger partial charge in [-0.15, -0.1) is 0 Å². The first kappa shape index (κ1) is 22.7. The van der Waals surface area contributed by atoms with Crippen molar-refractivity contribution in [3.63, 3.8) is 0 Å². The third kappa shape index (κ3) is 4.49. The van der Waals surface area contributed by atoms with Crippen molar-refractivity contribution in [3.05, 3.63) is 36.3 Å². The summed E-state index contributed by atoms with van der Waals surface area (Å²) in [6.07, 6.45) is 0.937. The van der Waals surface area contributed by atoms with Crippen LogP contribution in [-0.4, -0.2) is 50.9 Å². The van der Waals surface area contributed by atoms with E-state index in [1.165, 1.54) is 23.1 Å². The smallest absolute Gasteiger partial charge is 0.421 e. The van der Waals surface area contributed by atoms with Crippen molar-refractivity contribution in [2.75, 3.05) is 24.6 Å². The highest BCUT2D eigenvalue weighted by molar-refractivity contribution is 5.71. The van der Waals surface area contributed by atoms with Crippen molar-refractivity contribution in [2.45, 2.75) is 44.8 Å². The number of piperidine rings is 1. The van der Waals surface area contributed by atoms with Crippen molar-refractivity contribution < 1.29 is 26.7 Å². The van der Waals surface area contributed by atoms with Crippen LogP contribution in [-0.2, 0) is 12.7 Å². The van der Waals surface area contributed by atoms with Gasteiger partial charge in [0.05, 0.1) is 19.0 Å². The summed E-state index contributed by atoms with van der Waals surface area (Å²) in [6.45, 7) is 1.17. The number of anilines is 1. The highest BCUT2D eigenvalue weighted by Gasteiger charge is 2.46. The zero-order valence-corrected chi connectivity index (χ0v) is 18.2. The summed E-state index contributed by atoms with van der Waals surface area (Å²) in [4.78, 5) is 14.7. The van der Waals surface area contributed by atoms with Gasteiger partial charge in [0.1, 0.15) is 23.4 Å². The van der Waals surface area contributed by atoms with Gasteiger partial charge < -0.3 is 9.64 Å². The quantitative estimate of drug-likeness (QED) is 0.479. The summed E-state index contributed by atoms with van der Waals surface area (Å²) >= 11 is 0. The molecule has 182 valence electrons. The third-order valence-corrected chi connectivity index (χ3v) is 6.77. The monoisotopic (exact) mass is 482 g/mol. The molecule has 0 atom stereocenters. The molecule has 3 aromatic rings. The molecule has 2 aliphatic rings. The molecule has 0 N–H and O–H groups in total. The molecule has 4 heterocycles. The van der Waals surface area contributed by atoms with Crippen LogP contribution >= 0.6 is 0 Å².